The molecule has 0 unspecified atom stereocenters. The molecule has 0 bridgehead atoms. The van der Waals surface area contributed by atoms with Crippen molar-refractivity contribution in [2.75, 3.05) is 6.79 Å². The third kappa shape index (κ3) is 3.42. The van der Waals surface area contributed by atoms with Gasteiger partial charge in [-0.1, -0.05) is 30.5 Å². The van der Waals surface area contributed by atoms with E-state index in [1.807, 2.05) is 23.1 Å². The molecule has 0 saturated heterocycles. The summed E-state index contributed by atoms with van der Waals surface area (Å²) in [4.78, 5) is 19.2. The van der Waals surface area contributed by atoms with Gasteiger partial charge in [0.1, 0.15) is 5.69 Å². The first-order valence-corrected chi connectivity index (χ1v) is 8.89. The Labute approximate surface area is 151 Å². The van der Waals surface area contributed by atoms with E-state index in [-0.39, 0.29) is 18.7 Å². The minimum Gasteiger partial charge on any atom is -0.454 e. The lowest BCUT2D eigenvalue weighted by Crippen LogP contribution is -2.38. The minimum atomic E-state index is -0.0768. The van der Waals surface area contributed by atoms with Crippen LogP contribution in [0.3, 0.4) is 0 Å². The lowest BCUT2D eigenvalue weighted by Gasteiger charge is -2.29. The Kier molecular flexibility index (Phi) is 4.49. The molecule has 1 aliphatic heterocycles. The van der Waals surface area contributed by atoms with Gasteiger partial charge in [0.05, 0.1) is 0 Å². The molecule has 0 radical (unpaired) electrons. The first-order chi connectivity index (χ1) is 12.2. The molecule has 25 heavy (non-hydrogen) atoms. The summed E-state index contributed by atoms with van der Waals surface area (Å²) in [6.45, 7) is 0.769. The average Bonchev–Trinajstić information content (AvgIpc) is 3.30. The van der Waals surface area contributed by atoms with Crippen molar-refractivity contribution in [1.29, 1.82) is 0 Å². The highest BCUT2D eigenvalue weighted by Gasteiger charge is 2.29. The Balaban J connectivity index is 1.61. The third-order valence-electron chi connectivity index (χ3n) is 4.76. The number of pyridine rings is 1. The van der Waals surface area contributed by atoms with Gasteiger partial charge in [0.2, 0.25) is 6.79 Å². The molecular weight excluding hydrogens is 340 g/mol. The SMILES string of the molecule is O=C(c1cc(Cl)ccn1)N(Cc1ccc2c(c1)OCO2)C1CCCC1. The van der Waals surface area contributed by atoms with Crippen molar-refractivity contribution in [2.45, 2.75) is 38.3 Å². The molecule has 1 aromatic heterocycles. The zero-order valence-corrected chi connectivity index (χ0v) is 14.5. The number of amides is 1. The molecule has 1 fully saturated rings. The molecule has 1 aromatic carbocycles. The summed E-state index contributed by atoms with van der Waals surface area (Å²) >= 11 is 6.04. The van der Waals surface area contributed by atoms with Gasteiger partial charge in [-0.05, 0) is 42.7 Å². The number of aromatic nitrogens is 1. The van der Waals surface area contributed by atoms with Crippen LogP contribution in [0.25, 0.3) is 0 Å². The number of ether oxygens (including phenoxy) is 2. The Morgan fingerprint density at radius 2 is 1.96 bits per heavy atom. The summed E-state index contributed by atoms with van der Waals surface area (Å²) in [5, 5.41) is 0.521. The van der Waals surface area contributed by atoms with Crippen molar-refractivity contribution >= 4 is 17.5 Å². The number of benzene rings is 1. The van der Waals surface area contributed by atoms with E-state index in [1.54, 1.807) is 18.3 Å². The van der Waals surface area contributed by atoms with Gasteiger partial charge >= 0.3 is 0 Å². The Bertz CT molecular complexity index is 790. The standard InChI is InChI=1S/C19H19ClN2O3/c20-14-7-8-21-16(10-14)19(23)22(15-3-1-2-4-15)11-13-5-6-17-18(9-13)25-12-24-17/h5-10,15H,1-4,11-12H2. The lowest BCUT2D eigenvalue weighted by molar-refractivity contribution is 0.0658. The van der Waals surface area contributed by atoms with E-state index in [1.165, 1.54) is 0 Å². The van der Waals surface area contributed by atoms with Crippen molar-refractivity contribution in [3.8, 4) is 11.5 Å². The van der Waals surface area contributed by atoms with Gasteiger partial charge in [0.25, 0.3) is 5.91 Å². The van der Waals surface area contributed by atoms with Crippen LogP contribution in [0.5, 0.6) is 11.5 Å². The zero-order valence-electron chi connectivity index (χ0n) is 13.8. The highest BCUT2D eigenvalue weighted by Crippen LogP contribution is 2.34. The maximum absolute atomic E-state index is 13.1. The van der Waals surface area contributed by atoms with Crippen molar-refractivity contribution in [1.82, 2.24) is 9.88 Å². The predicted molar refractivity (Wildman–Crippen MR) is 93.9 cm³/mol. The zero-order chi connectivity index (χ0) is 17.2. The van der Waals surface area contributed by atoms with Gasteiger partial charge in [-0.3, -0.25) is 9.78 Å². The quantitative estimate of drug-likeness (QED) is 0.827. The van der Waals surface area contributed by atoms with Crippen LogP contribution < -0.4 is 9.47 Å². The fourth-order valence-electron chi connectivity index (χ4n) is 3.49. The summed E-state index contributed by atoms with van der Waals surface area (Å²) in [5.41, 5.74) is 1.41. The molecule has 0 atom stereocenters. The molecule has 2 aliphatic rings. The van der Waals surface area contributed by atoms with E-state index < -0.39 is 0 Å². The molecule has 1 saturated carbocycles. The highest BCUT2D eigenvalue weighted by molar-refractivity contribution is 6.30. The number of rotatable bonds is 4. The van der Waals surface area contributed by atoms with Crippen LogP contribution >= 0.6 is 11.6 Å². The number of hydrogen-bond donors (Lipinski definition) is 0. The van der Waals surface area contributed by atoms with Crippen LogP contribution in [-0.4, -0.2) is 28.6 Å². The molecule has 1 aliphatic carbocycles. The molecule has 130 valence electrons. The molecule has 6 heteroatoms. The molecule has 2 aromatic rings. The number of nitrogens with zero attached hydrogens (tertiary/aromatic N) is 2. The van der Waals surface area contributed by atoms with Gasteiger partial charge in [-0.2, -0.15) is 0 Å². The van der Waals surface area contributed by atoms with E-state index >= 15 is 0 Å². The van der Waals surface area contributed by atoms with E-state index in [0.717, 1.165) is 42.7 Å². The summed E-state index contributed by atoms with van der Waals surface area (Å²) < 4.78 is 10.8. The average molecular weight is 359 g/mol. The second kappa shape index (κ2) is 6.92. The molecule has 2 heterocycles. The van der Waals surface area contributed by atoms with E-state index in [9.17, 15) is 4.79 Å². The molecular formula is C19H19ClN2O3. The normalized spacial score (nSPS) is 16.2. The maximum Gasteiger partial charge on any atom is 0.273 e. The van der Waals surface area contributed by atoms with Gasteiger partial charge in [0, 0.05) is 23.8 Å². The number of fused-ring (bicyclic) bond motifs is 1. The number of halogens is 1. The van der Waals surface area contributed by atoms with Gasteiger partial charge < -0.3 is 14.4 Å². The van der Waals surface area contributed by atoms with E-state index in [4.69, 9.17) is 21.1 Å². The lowest BCUT2D eigenvalue weighted by atomic mass is 10.1. The summed E-state index contributed by atoms with van der Waals surface area (Å²) in [6.07, 6.45) is 5.92. The topological polar surface area (TPSA) is 51.7 Å². The largest absolute Gasteiger partial charge is 0.454 e. The molecule has 0 spiro atoms. The Hall–Kier alpha value is -2.27. The van der Waals surface area contributed by atoms with Crippen molar-refractivity contribution < 1.29 is 14.3 Å². The summed E-state index contributed by atoms with van der Waals surface area (Å²) in [6, 6.07) is 9.37. The number of carbonyl (C=O) groups is 1. The van der Waals surface area contributed by atoms with Crippen LogP contribution in [0.4, 0.5) is 0 Å². The first-order valence-electron chi connectivity index (χ1n) is 8.52. The summed E-state index contributed by atoms with van der Waals surface area (Å²) in [7, 11) is 0. The van der Waals surface area contributed by atoms with Gasteiger partial charge in [-0.15, -0.1) is 0 Å². The second-order valence-electron chi connectivity index (χ2n) is 6.42. The highest BCUT2D eigenvalue weighted by atomic mass is 35.5. The molecule has 4 rings (SSSR count). The Morgan fingerprint density at radius 1 is 1.16 bits per heavy atom. The summed E-state index contributed by atoms with van der Waals surface area (Å²) in [5.74, 6) is 1.41. The van der Waals surface area contributed by atoms with Gasteiger partial charge in [0.15, 0.2) is 11.5 Å². The third-order valence-corrected chi connectivity index (χ3v) is 4.99. The van der Waals surface area contributed by atoms with E-state index in [2.05, 4.69) is 4.98 Å². The van der Waals surface area contributed by atoms with Crippen molar-refractivity contribution in [3.05, 3.63) is 52.8 Å². The first kappa shape index (κ1) is 16.2. The number of carbonyl (C=O) groups excluding carboxylic acids is 1. The van der Waals surface area contributed by atoms with Crippen LogP contribution in [0.15, 0.2) is 36.5 Å². The van der Waals surface area contributed by atoms with Crippen LogP contribution in [0.2, 0.25) is 5.02 Å². The van der Waals surface area contributed by atoms with Gasteiger partial charge in [-0.25, -0.2) is 0 Å². The second-order valence-corrected chi connectivity index (χ2v) is 6.85. The minimum absolute atomic E-state index is 0.0768. The van der Waals surface area contributed by atoms with Crippen LogP contribution in [0, 0.1) is 0 Å². The number of hydrogen-bond acceptors (Lipinski definition) is 4. The molecule has 0 N–H and O–H groups in total. The fourth-order valence-corrected chi connectivity index (χ4v) is 3.65. The predicted octanol–water partition coefficient (Wildman–Crippen LogP) is 4.05. The molecule has 5 nitrogen and oxygen atoms in total. The smallest absolute Gasteiger partial charge is 0.273 e. The molecule has 1 amide bonds. The van der Waals surface area contributed by atoms with Crippen LogP contribution in [0.1, 0.15) is 41.7 Å². The van der Waals surface area contributed by atoms with Crippen LogP contribution in [-0.2, 0) is 6.54 Å². The maximum atomic E-state index is 13.1. The fraction of sp³-hybridized carbons (Fsp3) is 0.368. The van der Waals surface area contributed by atoms with Crippen molar-refractivity contribution in [3.63, 3.8) is 0 Å². The Morgan fingerprint density at radius 3 is 2.76 bits per heavy atom. The van der Waals surface area contributed by atoms with E-state index in [0.29, 0.717) is 17.3 Å². The monoisotopic (exact) mass is 358 g/mol. The van der Waals surface area contributed by atoms with Crippen molar-refractivity contribution in [2.24, 2.45) is 0 Å².